The van der Waals surface area contributed by atoms with Crippen molar-refractivity contribution in [1.29, 1.82) is 0 Å². The molecule has 0 bridgehead atoms. The molecule has 5 heteroatoms. The molecular formula is C9H5BrO3S. The Kier molecular flexibility index (Phi) is 2.36. The van der Waals surface area contributed by atoms with Gasteiger partial charge in [-0.1, -0.05) is 12.1 Å². The second-order valence-electron chi connectivity index (χ2n) is 2.82. The van der Waals surface area contributed by atoms with E-state index in [1.54, 1.807) is 18.2 Å². The molecule has 3 nitrogen and oxygen atoms in total. The van der Waals surface area contributed by atoms with Crippen LogP contribution in [0.1, 0.15) is 10.4 Å². The summed E-state index contributed by atoms with van der Waals surface area (Å²) in [6, 6.07) is 5.17. The van der Waals surface area contributed by atoms with Crippen molar-refractivity contribution in [3.8, 4) is 0 Å². The molecule has 1 aromatic carbocycles. The number of carbonyl (C=O) groups is 2. The van der Waals surface area contributed by atoms with Crippen molar-refractivity contribution in [2.24, 2.45) is 0 Å². The van der Waals surface area contributed by atoms with Crippen LogP contribution in [0.5, 0.6) is 0 Å². The van der Waals surface area contributed by atoms with Crippen molar-refractivity contribution >= 4 is 39.4 Å². The Labute approximate surface area is 92.6 Å². The first-order valence-corrected chi connectivity index (χ1v) is 5.50. The highest BCUT2D eigenvalue weighted by atomic mass is 79.9. The van der Waals surface area contributed by atoms with Gasteiger partial charge in [0.05, 0.1) is 0 Å². The van der Waals surface area contributed by atoms with Gasteiger partial charge in [0.15, 0.2) is 11.0 Å². The number of carbonyl (C=O) groups excluding carboxylic acids is 1. The molecule has 0 spiro atoms. The molecule has 1 aromatic rings. The Bertz CT molecular complexity index is 430. The zero-order valence-corrected chi connectivity index (χ0v) is 9.26. The van der Waals surface area contributed by atoms with Gasteiger partial charge >= 0.3 is 5.97 Å². The number of hydrogen-bond donors (Lipinski definition) is 1. The lowest BCUT2D eigenvalue weighted by Crippen LogP contribution is -2.22. The van der Waals surface area contributed by atoms with E-state index in [9.17, 15) is 9.59 Å². The SMILES string of the molecule is O=C(O)C1Sc2c(Br)cccc2C1=O. The van der Waals surface area contributed by atoms with Crippen LogP contribution in [0.25, 0.3) is 0 Å². The number of benzene rings is 1. The molecule has 1 aliphatic rings. The van der Waals surface area contributed by atoms with E-state index >= 15 is 0 Å². The molecular weight excluding hydrogens is 268 g/mol. The summed E-state index contributed by atoms with van der Waals surface area (Å²) in [7, 11) is 0. The standard InChI is InChI=1S/C9H5BrO3S/c10-5-3-1-2-4-6(11)8(9(12)13)14-7(4)5/h1-3,8H,(H,12,13). The number of carboxylic acids is 1. The molecule has 0 saturated carbocycles. The van der Waals surface area contributed by atoms with Crippen LogP contribution in [-0.2, 0) is 4.79 Å². The minimum atomic E-state index is -1.08. The summed E-state index contributed by atoms with van der Waals surface area (Å²) in [4.78, 5) is 23.0. The molecule has 1 aliphatic heterocycles. The third-order valence-electron chi connectivity index (χ3n) is 1.93. The van der Waals surface area contributed by atoms with E-state index in [1.165, 1.54) is 0 Å². The van der Waals surface area contributed by atoms with E-state index in [2.05, 4.69) is 15.9 Å². The van der Waals surface area contributed by atoms with Crippen molar-refractivity contribution in [1.82, 2.24) is 0 Å². The molecule has 72 valence electrons. The quantitative estimate of drug-likeness (QED) is 0.797. The van der Waals surface area contributed by atoms with Crippen LogP contribution in [0, 0.1) is 0 Å². The smallest absolute Gasteiger partial charge is 0.325 e. The number of carboxylic acid groups (broad SMARTS) is 1. The van der Waals surface area contributed by atoms with E-state index in [0.29, 0.717) is 5.56 Å². The van der Waals surface area contributed by atoms with E-state index in [4.69, 9.17) is 5.11 Å². The molecule has 0 amide bonds. The topological polar surface area (TPSA) is 54.4 Å². The van der Waals surface area contributed by atoms with Gasteiger partial charge in [0.1, 0.15) is 0 Å². The average molecular weight is 273 g/mol. The second kappa shape index (κ2) is 3.40. The lowest BCUT2D eigenvalue weighted by molar-refractivity contribution is -0.135. The summed E-state index contributed by atoms with van der Waals surface area (Å²) in [5, 5.41) is 7.81. The third kappa shape index (κ3) is 1.36. The van der Waals surface area contributed by atoms with E-state index < -0.39 is 11.2 Å². The first-order chi connectivity index (χ1) is 6.61. The number of ketones is 1. The summed E-state index contributed by atoms with van der Waals surface area (Å²) in [5.41, 5.74) is 0.497. The minimum absolute atomic E-state index is 0.321. The molecule has 1 N–H and O–H groups in total. The van der Waals surface area contributed by atoms with Gasteiger partial charge in [-0.2, -0.15) is 0 Å². The molecule has 2 rings (SSSR count). The minimum Gasteiger partial charge on any atom is -0.480 e. The van der Waals surface area contributed by atoms with Crippen LogP contribution < -0.4 is 0 Å². The summed E-state index contributed by atoms with van der Waals surface area (Å²) in [6.45, 7) is 0. The Hall–Kier alpha value is -0.810. The Morgan fingerprint density at radius 3 is 2.79 bits per heavy atom. The summed E-state index contributed by atoms with van der Waals surface area (Å²) >= 11 is 4.37. The molecule has 0 radical (unpaired) electrons. The maximum absolute atomic E-state index is 11.6. The molecule has 1 atom stereocenters. The monoisotopic (exact) mass is 272 g/mol. The fourth-order valence-corrected chi connectivity index (χ4v) is 2.99. The summed E-state index contributed by atoms with van der Waals surface area (Å²) in [5.74, 6) is -1.40. The fraction of sp³-hybridized carbons (Fsp3) is 0.111. The Morgan fingerprint density at radius 1 is 1.50 bits per heavy atom. The number of Topliss-reactive ketones (excluding diaryl/α,β-unsaturated/α-hetero) is 1. The highest BCUT2D eigenvalue weighted by molar-refractivity contribution is 9.10. The fourth-order valence-electron chi connectivity index (χ4n) is 1.30. The molecule has 1 unspecified atom stereocenters. The predicted molar refractivity (Wildman–Crippen MR) is 55.8 cm³/mol. The zero-order valence-electron chi connectivity index (χ0n) is 6.86. The maximum Gasteiger partial charge on any atom is 0.325 e. The highest BCUT2D eigenvalue weighted by Gasteiger charge is 2.37. The van der Waals surface area contributed by atoms with E-state index in [0.717, 1.165) is 21.1 Å². The molecule has 14 heavy (non-hydrogen) atoms. The molecule has 0 aliphatic carbocycles. The van der Waals surface area contributed by atoms with Crippen LogP contribution in [0.2, 0.25) is 0 Å². The number of thioether (sulfide) groups is 1. The molecule has 1 heterocycles. The lowest BCUT2D eigenvalue weighted by Gasteiger charge is -1.98. The van der Waals surface area contributed by atoms with Crippen molar-refractivity contribution in [2.75, 3.05) is 0 Å². The van der Waals surface area contributed by atoms with Crippen LogP contribution in [0.4, 0.5) is 0 Å². The number of hydrogen-bond acceptors (Lipinski definition) is 3. The first kappa shape index (κ1) is 9.73. The van der Waals surface area contributed by atoms with E-state index in [-0.39, 0.29) is 5.78 Å². The van der Waals surface area contributed by atoms with Gasteiger partial charge in [-0.05, 0) is 22.0 Å². The van der Waals surface area contributed by atoms with Crippen LogP contribution >= 0.6 is 27.7 Å². The zero-order chi connectivity index (χ0) is 10.3. The van der Waals surface area contributed by atoms with E-state index in [1.807, 2.05) is 0 Å². The molecule has 0 fully saturated rings. The molecule has 0 saturated heterocycles. The van der Waals surface area contributed by atoms with Crippen molar-refractivity contribution < 1.29 is 14.7 Å². The van der Waals surface area contributed by atoms with Gasteiger partial charge in [-0.15, -0.1) is 11.8 Å². The van der Waals surface area contributed by atoms with Crippen LogP contribution in [0.15, 0.2) is 27.6 Å². The van der Waals surface area contributed by atoms with Gasteiger partial charge in [-0.25, -0.2) is 0 Å². The summed E-state index contributed by atoms with van der Waals surface area (Å²) in [6.07, 6.45) is 0. The number of halogens is 1. The largest absolute Gasteiger partial charge is 0.480 e. The van der Waals surface area contributed by atoms with Crippen molar-refractivity contribution in [3.05, 3.63) is 28.2 Å². The average Bonchev–Trinajstić information content (AvgIpc) is 2.46. The van der Waals surface area contributed by atoms with Gasteiger partial charge < -0.3 is 5.11 Å². The maximum atomic E-state index is 11.6. The Balaban J connectivity index is 2.50. The lowest BCUT2D eigenvalue weighted by atomic mass is 10.1. The van der Waals surface area contributed by atoms with Crippen LogP contribution in [-0.4, -0.2) is 22.1 Å². The highest BCUT2D eigenvalue weighted by Crippen LogP contribution is 2.41. The third-order valence-corrected chi connectivity index (χ3v) is 4.18. The number of aliphatic carboxylic acids is 1. The molecule has 0 aromatic heterocycles. The number of fused-ring (bicyclic) bond motifs is 1. The van der Waals surface area contributed by atoms with Gasteiger partial charge in [-0.3, -0.25) is 9.59 Å². The second-order valence-corrected chi connectivity index (χ2v) is 4.79. The van der Waals surface area contributed by atoms with Crippen LogP contribution in [0.3, 0.4) is 0 Å². The first-order valence-electron chi connectivity index (χ1n) is 3.83. The van der Waals surface area contributed by atoms with Gasteiger partial charge in [0.25, 0.3) is 0 Å². The van der Waals surface area contributed by atoms with Crippen molar-refractivity contribution in [2.45, 2.75) is 10.1 Å². The van der Waals surface area contributed by atoms with Gasteiger partial charge in [0, 0.05) is 14.9 Å². The van der Waals surface area contributed by atoms with Crippen molar-refractivity contribution in [3.63, 3.8) is 0 Å². The normalized spacial score (nSPS) is 19.5. The predicted octanol–water partition coefficient (Wildman–Crippen LogP) is 2.19. The summed E-state index contributed by atoms with van der Waals surface area (Å²) < 4.78 is 0.775. The number of rotatable bonds is 1. The van der Waals surface area contributed by atoms with Gasteiger partial charge in [0.2, 0.25) is 0 Å². The Morgan fingerprint density at radius 2 is 2.21 bits per heavy atom.